The Labute approximate surface area is 125 Å². The van der Waals surface area contributed by atoms with Crippen molar-refractivity contribution in [2.45, 2.75) is 13.5 Å². The molecule has 4 N–H and O–H groups in total. The van der Waals surface area contributed by atoms with E-state index in [1.165, 1.54) is 6.20 Å². The lowest BCUT2D eigenvalue weighted by molar-refractivity contribution is 0.168. The Balaban J connectivity index is 1.96. The molecule has 8 heteroatoms. The first kappa shape index (κ1) is 15.0. The summed E-state index contributed by atoms with van der Waals surface area (Å²) in [7, 11) is 0. The normalized spacial score (nSPS) is 10.2. The van der Waals surface area contributed by atoms with Crippen LogP contribution in [0, 0.1) is 5.13 Å². The van der Waals surface area contributed by atoms with E-state index in [0.717, 1.165) is 17.0 Å². The number of halogens is 1. The van der Waals surface area contributed by atoms with E-state index in [9.17, 15) is 9.18 Å². The lowest BCUT2D eigenvalue weighted by Crippen LogP contribution is -2.14. The van der Waals surface area contributed by atoms with Gasteiger partial charge >= 0.3 is 6.09 Å². The van der Waals surface area contributed by atoms with Crippen molar-refractivity contribution in [3.63, 3.8) is 0 Å². The summed E-state index contributed by atoms with van der Waals surface area (Å²) in [5, 5.41) is 5.94. The summed E-state index contributed by atoms with van der Waals surface area (Å²) < 4.78 is 17.6. The SMILES string of the molecule is CCOC(=O)Nc1ccc(NCc2ncc(F)s2)cc1N. The van der Waals surface area contributed by atoms with Gasteiger partial charge in [0.15, 0.2) is 5.13 Å². The fourth-order valence-electron chi connectivity index (χ4n) is 1.61. The summed E-state index contributed by atoms with van der Waals surface area (Å²) in [4.78, 5) is 15.2. The van der Waals surface area contributed by atoms with Crippen molar-refractivity contribution in [1.29, 1.82) is 0 Å². The van der Waals surface area contributed by atoms with Crippen LogP contribution in [0.25, 0.3) is 0 Å². The van der Waals surface area contributed by atoms with Crippen LogP contribution in [0.4, 0.5) is 26.2 Å². The van der Waals surface area contributed by atoms with Gasteiger partial charge in [0.1, 0.15) is 5.01 Å². The van der Waals surface area contributed by atoms with Gasteiger partial charge < -0.3 is 15.8 Å². The highest BCUT2D eigenvalue weighted by Gasteiger charge is 2.07. The van der Waals surface area contributed by atoms with Crippen LogP contribution < -0.4 is 16.4 Å². The van der Waals surface area contributed by atoms with E-state index in [1.807, 2.05) is 0 Å². The Morgan fingerprint density at radius 1 is 1.52 bits per heavy atom. The molecule has 21 heavy (non-hydrogen) atoms. The number of nitrogens with two attached hydrogens (primary N) is 1. The minimum atomic E-state index is -0.553. The Morgan fingerprint density at radius 3 is 2.95 bits per heavy atom. The first-order valence-corrected chi connectivity index (χ1v) is 7.07. The van der Waals surface area contributed by atoms with Crippen LogP contribution in [0.2, 0.25) is 0 Å². The predicted molar refractivity (Wildman–Crippen MR) is 80.9 cm³/mol. The highest BCUT2D eigenvalue weighted by Crippen LogP contribution is 2.23. The molecule has 1 amide bonds. The third kappa shape index (κ3) is 4.32. The van der Waals surface area contributed by atoms with Crippen LogP contribution in [0.15, 0.2) is 24.4 Å². The van der Waals surface area contributed by atoms with Gasteiger partial charge in [-0.1, -0.05) is 11.3 Å². The Morgan fingerprint density at radius 2 is 2.33 bits per heavy atom. The second-order valence-corrected chi connectivity index (χ2v) is 5.12. The molecule has 1 aromatic carbocycles. The number of ether oxygens (including phenoxy) is 1. The molecule has 0 saturated heterocycles. The molecule has 2 aromatic rings. The van der Waals surface area contributed by atoms with Crippen LogP contribution >= 0.6 is 11.3 Å². The van der Waals surface area contributed by atoms with E-state index in [2.05, 4.69) is 15.6 Å². The average Bonchev–Trinajstić information content (AvgIpc) is 2.85. The maximum Gasteiger partial charge on any atom is 0.411 e. The molecule has 0 saturated carbocycles. The van der Waals surface area contributed by atoms with Crippen LogP contribution in [0.1, 0.15) is 11.9 Å². The van der Waals surface area contributed by atoms with E-state index in [1.54, 1.807) is 25.1 Å². The number of carbonyl (C=O) groups excluding carboxylic acids is 1. The third-order valence-corrected chi connectivity index (χ3v) is 3.32. The molecular formula is C13H15FN4O2S. The van der Waals surface area contributed by atoms with Crippen molar-refractivity contribution in [2.24, 2.45) is 0 Å². The number of carbonyl (C=O) groups is 1. The van der Waals surface area contributed by atoms with E-state index >= 15 is 0 Å². The van der Waals surface area contributed by atoms with Crippen molar-refractivity contribution in [1.82, 2.24) is 4.98 Å². The van der Waals surface area contributed by atoms with Gasteiger partial charge in [0, 0.05) is 5.69 Å². The Kier molecular flexibility index (Phi) is 4.94. The molecule has 0 fully saturated rings. The summed E-state index contributed by atoms with van der Waals surface area (Å²) in [6.45, 7) is 2.41. The molecule has 0 bridgehead atoms. The lowest BCUT2D eigenvalue weighted by Gasteiger charge is -2.10. The molecule has 0 radical (unpaired) electrons. The fraction of sp³-hybridized carbons (Fsp3) is 0.231. The van der Waals surface area contributed by atoms with Crippen LogP contribution in [-0.2, 0) is 11.3 Å². The fourth-order valence-corrected chi connectivity index (χ4v) is 2.19. The maximum absolute atomic E-state index is 12.8. The Bertz CT molecular complexity index is 632. The molecular weight excluding hydrogens is 295 g/mol. The number of nitrogen functional groups attached to an aromatic ring is 1. The number of aromatic nitrogens is 1. The average molecular weight is 310 g/mol. The standard InChI is InChI=1S/C13H15FN4O2S/c1-2-20-13(19)18-10-4-3-8(5-9(10)15)16-7-12-17-6-11(14)21-12/h3-6,16H,2,7,15H2,1H3,(H,18,19). The summed E-state index contributed by atoms with van der Waals surface area (Å²) >= 11 is 0.983. The van der Waals surface area contributed by atoms with Crippen molar-refractivity contribution in [2.75, 3.05) is 23.0 Å². The molecule has 0 aliphatic heterocycles. The second-order valence-electron chi connectivity index (χ2n) is 4.06. The van der Waals surface area contributed by atoms with Crippen molar-refractivity contribution in [3.8, 4) is 0 Å². The lowest BCUT2D eigenvalue weighted by atomic mass is 10.2. The molecule has 2 rings (SSSR count). The third-order valence-electron chi connectivity index (χ3n) is 2.53. The molecule has 6 nitrogen and oxygen atoms in total. The smallest absolute Gasteiger partial charge is 0.411 e. The number of anilines is 3. The van der Waals surface area contributed by atoms with Crippen molar-refractivity contribution >= 4 is 34.5 Å². The minimum absolute atomic E-state index is 0.287. The zero-order chi connectivity index (χ0) is 15.2. The minimum Gasteiger partial charge on any atom is -0.450 e. The van der Waals surface area contributed by atoms with Gasteiger partial charge in [0.2, 0.25) is 0 Å². The summed E-state index contributed by atoms with van der Waals surface area (Å²) in [6, 6.07) is 5.09. The number of nitrogens with one attached hydrogen (secondary N) is 2. The van der Waals surface area contributed by atoms with E-state index in [0.29, 0.717) is 22.9 Å². The largest absolute Gasteiger partial charge is 0.450 e. The topological polar surface area (TPSA) is 89.3 Å². The van der Waals surface area contributed by atoms with Crippen LogP contribution in [-0.4, -0.2) is 17.7 Å². The van der Waals surface area contributed by atoms with Crippen LogP contribution in [0.3, 0.4) is 0 Å². The Hall–Kier alpha value is -2.35. The molecule has 0 aliphatic rings. The van der Waals surface area contributed by atoms with Gasteiger partial charge in [0.25, 0.3) is 0 Å². The molecule has 1 aromatic heterocycles. The predicted octanol–water partition coefficient (Wildman–Crippen LogP) is 3.04. The molecule has 0 spiro atoms. The van der Waals surface area contributed by atoms with E-state index < -0.39 is 6.09 Å². The molecule has 0 aliphatic carbocycles. The summed E-state index contributed by atoms with van der Waals surface area (Å²) in [6.07, 6.45) is 0.630. The van der Waals surface area contributed by atoms with Crippen molar-refractivity contribution < 1.29 is 13.9 Å². The van der Waals surface area contributed by atoms with Crippen molar-refractivity contribution in [3.05, 3.63) is 34.5 Å². The van der Waals surface area contributed by atoms with Gasteiger partial charge in [-0.3, -0.25) is 5.32 Å². The van der Waals surface area contributed by atoms with Gasteiger partial charge in [0.05, 0.1) is 30.7 Å². The van der Waals surface area contributed by atoms with Gasteiger partial charge in [-0.15, -0.1) is 0 Å². The van der Waals surface area contributed by atoms with E-state index in [4.69, 9.17) is 10.5 Å². The second kappa shape index (κ2) is 6.89. The first-order chi connectivity index (χ1) is 10.1. The number of amides is 1. The van der Waals surface area contributed by atoms with Crippen LogP contribution in [0.5, 0.6) is 0 Å². The number of thiazole rings is 1. The molecule has 0 atom stereocenters. The maximum atomic E-state index is 12.8. The number of hydrogen-bond acceptors (Lipinski definition) is 6. The number of rotatable bonds is 5. The summed E-state index contributed by atoms with van der Waals surface area (Å²) in [5.41, 5.74) is 7.48. The number of hydrogen-bond donors (Lipinski definition) is 3. The highest BCUT2D eigenvalue weighted by molar-refractivity contribution is 7.09. The monoisotopic (exact) mass is 310 g/mol. The van der Waals surface area contributed by atoms with E-state index in [-0.39, 0.29) is 11.7 Å². The molecule has 1 heterocycles. The number of benzene rings is 1. The van der Waals surface area contributed by atoms with Gasteiger partial charge in [-0.2, -0.15) is 4.39 Å². The zero-order valence-electron chi connectivity index (χ0n) is 11.4. The van der Waals surface area contributed by atoms with Gasteiger partial charge in [-0.25, -0.2) is 9.78 Å². The summed E-state index contributed by atoms with van der Waals surface area (Å²) in [5.74, 6) is 0. The highest BCUT2D eigenvalue weighted by atomic mass is 32.1. The molecule has 112 valence electrons. The first-order valence-electron chi connectivity index (χ1n) is 6.26. The quantitative estimate of drug-likeness (QED) is 0.739. The van der Waals surface area contributed by atoms with Gasteiger partial charge in [-0.05, 0) is 25.1 Å². The molecule has 0 unspecified atom stereocenters. The number of nitrogens with zero attached hydrogens (tertiary/aromatic N) is 1. The zero-order valence-corrected chi connectivity index (χ0v) is 12.2.